The van der Waals surface area contributed by atoms with Crippen molar-refractivity contribution in [3.05, 3.63) is 24.8 Å². The van der Waals surface area contributed by atoms with Crippen molar-refractivity contribution in [2.75, 3.05) is 0 Å². The van der Waals surface area contributed by atoms with E-state index in [2.05, 4.69) is 18.6 Å². The highest BCUT2D eigenvalue weighted by molar-refractivity contribution is 5.94. The number of unbranched alkanes of at least 4 members (excludes halogenated alkanes) is 2. The molecule has 0 aliphatic heterocycles. The van der Waals surface area contributed by atoms with Crippen molar-refractivity contribution in [3.8, 4) is 12.3 Å². The molecule has 0 unspecified atom stereocenters. The van der Waals surface area contributed by atoms with Gasteiger partial charge >= 0.3 is 0 Å². The molecular formula is C12H16O. The summed E-state index contributed by atoms with van der Waals surface area (Å²) in [4.78, 5) is 10.7. The summed E-state index contributed by atoms with van der Waals surface area (Å²) in [6.45, 7) is 3.64. The molecule has 0 spiro atoms. The zero-order valence-electron chi connectivity index (χ0n) is 7.96. The fourth-order valence-electron chi connectivity index (χ4n) is 0.902. The van der Waals surface area contributed by atoms with Gasteiger partial charge in [-0.25, -0.2) is 0 Å². The Morgan fingerprint density at radius 3 is 2.62 bits per heavy atom. The molecule has 0 amide bonds. The standard InChI is InChI=1S/C12H16O/c1-3-5-6-7-8-9-10-11-12(13)4-2/h2-3,8-9H,1,5-7,10-11H2/b9-8+. The smallest absolute Gasteiger partial charge is 0.205 e. The third kappa shape index (κ3) is 8.62. The van der Waals surface area contributed by atoms with E-state index in [1.54, 1.807) is 0 Å². The average molecular weight is 176 g/mol. The van der Waals surface area contributed by atoms with Crippen LogP contribution in [0.4, 0.5) is 0 Å². The van der Waals surface area contributed by atoms with Crippen LogP contribution in [-0.4, -0.2) is 5.78 Å². The third-order valence-corrected chi connectivity index (χ3v) is 1.64. The van der Waals surface area contributed by atoms with Crippen LogP contribution in [0.1, 0.15) is 32.1 Å². The molecule has 0 aromatic rings. The van der Waals surface area contributed by atoms with Crippen molar-refractivity contribution in [2.45, 2.75) is 32.1 Å². The summed E-state index contributed by atoms with van der Waals surface area (Å²) in [5.41, 5.74) is 0. The van der Waals surface area contributed by atoms with Gasteiger partial charge in [0.25, 0.3) is 0 Å². The Morgan fingerprint density at radius 2 is 2.00 bits per heavy atom. The quantitative estimate of drug-likeness (QED) is 0.252. The van der Waals surface area contributed by atoms with E-state index in [9.17, 15) is 4.79 Å². The largest absolute Gasteiger partial charge is 0.285 e. The van der Waals surface area contributed by atoms with Gasteiger partial charge in [0.15, 0.2) is 0 Å². The van der Waals surface area contributed by atoms with E-state index in [-0.39, 0.29) is 5.78 Å². The van der Waals surface area contributed by atoms with Gasteiger partial charge in [-0.2, -0.15) is 0 Å². The third-order valence-electron chi connectivity index (χ3n) is 1.64. The Bertz CT molecular complexity index is 218. The molecule has 0 aliphatic rings. The lowest BCUT2D eigenvalue weighted by molar-refractivity contribution is -0.113. The van der Waals surface area contributed by atoms with Crippen LogP contribution in [0.5, 0.6) is 0 Å². The number of allylic oxidation sites excluding steroid dienone is 3. The van der Waals surface area contributed by atoms with Crippen molar-refractivity contribution in [1.82, 2.24) is 0 Å². The molecule has 0 atom stereocenters. The van der Waals surface area contributed by atoms with Crippen molar-refractivity contribution in [2.24, 2.45) is 0 Å². The molecule has 0 saturated carbocycles. The lowest BCUT2D eigenvalue weighted by atomic mass is 10.2. The number of terminal acetylenes is 1. The number of hydrogen-bond acceptors (Lipinski definition) is 1. The maximum absolute atomic E-state index is 10.7. The molecule has 0 heterocycles. The van der Waals surface area contributed by atoms with Crippen LogP contribution >= 0.6 is 0 Å². The monoisotopic (exact) mass is 176 g/mol. The van der Waals surface area contributed by atoms with Crippen LogP contribution in [0.25, 0.3) is 0 Å². The summed E-state index contributed by atoms with van der Waals surface area (Å²) >= 11 is 0. The summed E-state index contributed by atoms with van der Waals surface area (Å²) in [6, 6.07) is 0. The first-order valence-electron chi connectivity index (χ1n) is 4.56. The van der Waals surface area contributed by atoms with Crippen LogP contribution in [0.3, 0.4) is 0 Å². The van der Waals surface area contributed by atoms with Crippen molar-refractivity contribution >= 4 is 5.78 Å². The van der Waals surface area contributed by atoms with Gasteiger partial charge in [-0.1, -0.05) is 18.2 Å². The number of rotatable bonds is 7. The molecule has 0 saturated heterocycles. The predicted octanol–water partition coefficient (Wildman–Crippen LogP) is 2.88. The highest BCUT2D eigenvalue weighted by Gasteiger charge is 1.91. The predicted molar refractivity (Wildman–Crippen MR) is 56.3 cm³/mol. The van der Waals surface area contributed by atoms with Crippen molar-refractivity contribution in [1.29, 1.82) is 0 Å². The molecular weight excluding hydrogens is 160 g/mol. The first kappa shape index (κ1) is 11.7. The Hall–Kier alpha value is -1.29. The molecule has 0 aliphatic carbocycles. The fourth-order valence-corrected chi connectivity index (χ4v) is 0.902. The van der Waals surface area contributed by atoms with E-state index in [1.165, 1.54) is 0 Å². The van der Waals surface area contributed by atoms with E-state index in [1.807, 2.05) is 12.2 Å². The van der Waals surface area contributed by atoms with Gasteiger partial charge in [0, 0.05) is 6.42 Å². The number of hydrogen-bond donors (Lipinski definition) is 0. The molecule has 0 bridgehead atoms. The number of carbonyl (C=O) groups is 1. The lowest BCUT2D eigenvalue weighted by Crippen LogP contribution is -1.89. The van der Waals surface area contributed by atoms with Gasteiger partial charge in [-0.15, -0.1) is 13.0 Å². The summed E-state index contributed by atoms with van der Waals surface area (Å²) in [5.74, 6) is 1.98. The topological polar surface area (TPSA) is 17.1 Å². The second-order valence-electron chi connectivity index (χ2n) is 2.80. The lowest BCUT2D eigenvalue weighted by Gasteiger charge is -1.89. The van der Waals surface area contributed by atoms with E-state index in [0.29, 0.717) is 6.42 Å². The summed E-state index contributed by atoms with van der Waals surface area (Å²) in [5, 5.41) is 0. The molecule has 0 aromatic carbocycles. The van der Waals surface area contributed by atoms with Gasteiger partial charge in [0.2, 0.25) is 5.78 Å². The first-order chi connectivity index (χ1) is 6.31. The van der Waals surface area contributed by atoms with Crippen LogP contribution in [0.15, 0.2) is 24.8 Å². The van der Waals surface area contributed by atoms with Crippen LogP contribution < -0.4 is 0 Å². The van der Waals surface area contributed by atoms with Crippen molar-refractivity contribution < 1.29 is 4.79 Å². The Morgan fingerprint density at radius 1 is 1.31 bits per heavy atom. The van der Waals surface area contributed by atoms with E-state index < -0.39 is 0 Å². The molecule has 0 N–H and O–H groups in total. The minimum atomic E-state index is -0.115. The van der Waals surface area contributed by atoms with Gasteiger partial charge in [-0.05, 0) is 31.6 Å². The van der Waals surface area contributed by atoms with Gasteiger partial charge in [0.1, 0.15) is 0 Å². The summed E-state index contributed by atoms with van der Waals surface area (Å²) in [6.07, 6.45) is 15.4. The minimum Gasteiger partial charge on any atom is -0.285 e. The first-order valence-corrected chi connectivity index (χ1v) is 4.56. The molecule has 0 rings (SSSR count). The Balaban J connectivity index is 3.27. The second-order valence-corrected chi connectivity index (χ2v) is 2.80. The highest BCUT2D eigenvalue weighted by Crippen LogP contribution is 1.99. The minimum absolute atomic E-state index is 0.115. The zero-order valence-corrected chi connectivity index (χ0v) is 7.96. The van der Waals surface area contributed by atoms with E-state index in [4.69, 9.17) is 6.42 Å². The number of carbonyl (C=O) groups excluding carboxylic acids is 1. The zero-order chi connectivity index (χ0) is 9.94. The summed E-state index contributed by atoms with van der Waals surface area (Å²) in [7, 11) is 0. The molecule has 0 aromatic heterocycles. The fraction of sp³-hybridized carbons (Fsp3) is 0.417. The maximum Gasteiger partial charge on any atom is 0.205 e. The Kier molecular flexibility index (Phi) is 7.93. The molecule has 0 fully saturated rings. The summed E-state index contributed by atoms with van der Waals surface area (Å²) < 4.78 is 0. The number of ketones is 1. The van der Waals surface area contributed by atoms with Crippen LogP contribution in [-0.2, 0) is 4.79 Å². The van der Waals surface area contributed by atoms with Gasteiger partial charge in [0.05, 0.1) is 0 Å². The molecule has 13 heavy (non-hydrogen) atoms. The van der Waals surface area contributed by atoms with Crippen LogP contribution in [0, 0.1) is 12.3 Å². The average Bonchev–Trinajstić information content (AvgIpc) is 2.16. The van der Waals surface area contributed by atoms with Gasteiger partial charge in [-0.3, -0.25) is 4.79 Å². The van der Waals surface area contributed by atoms with Crippen LogP contribution in [0.2, 0.25) is 0 Å². The molecule has 1 heteroatoms. The second kappa shape index (κ2) is 8.80. The SMILES string of the molecule is C#CC(=O)CC/C=C/CCCC=C. The molecule has 0 radical (unpaired) electrons. The highest BCUT2D eigenvalue weighted by atomic mass is 16.1. The Labute approximate surface area is 80.5 Å². The molecule has 70 valence electrons. The maximum atomic E-state index is 10.7. The molecule has 1 nitrogen and oxygen atoms in total. The van der Waals surface area contributed by atoms with Gasteiger partial charge < -0.3 is 0 Å². The van der Waals surface area contributed by atoms with E-state index in [0.717, 1.165) is 25.7 Å². The van der Waals surface area contributed by atoms with Crippen molar-refractivity contribution in [3.63, 3.8) is 0 Å². The van der Waals surface area contributed by atoms with E-state index >= 15 is 0 Å². The normalized spacial score (nSPS) is 9.77. The number of Topliss-reactive ketones (excluding diaryl/α,β-unsaturated/α-hetero) is 1.